The first-order valence-corrected chi connectivity index (χ1v) is 21.8. The maximum atomic E-state index is 6.50. The zero-order valence-corrected chi connectivity index (χ0v) is 34.4. The van der Waals surface area contributed by atoms with Gasteiger partial charge in [-0.25, -0.2) is 0 Å². The Morgan fingerprint density at radius 3 is 1.37 bits per heavy atom. The van der Waals surface area contributed by atoms with E-state index < -0.39 is 5.41 Å². The van der Waals surface area contributed by atoms with Gasteiger partial charge in [0.15, 0.2) is 0 Å². The van der Waals surface area contributed by atoms with Crippen molar-refractivity contribution in [2.75, 3.05) is 4.90 Å². The van der Waals surface area contributed by atoms with Crippen molar-refractivity contribution < 1.29 is 4.42 Å². The van der Waals surface area contributed by atoms with Gasteiger partial charge < -0.3 is 9.32 Å². The van der Waals surface area contributed by atoms with Crippen LogP contribution in [0.5, 0.6) is 0 Å². The highest BCUT2D eigenvalue weighted by Gasteiger charge is 2.49. The zero-order chi connectivity index (χ0) is 41.5. The number of hydrogen-bond donors (Lipinski definition) is 0. The maximum absolute atomic E-state index is 6.50. The normalized spacial score (nSPS) is 12.9. The largest absolute Gasteiger partial charge is 0.455 e. The minimum atomic E-state index is -0.577. The Morgan fingerprint density at radius 1 is 0.286 bits per heavy atom. The molecule has 0 unspecified atom stereocenters. The van der Waals surface area contributed by atoms with Crippen LogP contribution >= 0.6 is 0 Å². The monoisotopic (exact) mass is 801 g/mol. The third-order valence-corrected chi connectivity index (χ3v) is 13.5. The maximum Gasteiger partial charge on any atom is 0.143 e. The third-order valence-electron chi connectivity index (χ3n) is 13.5. The summed E-state index contributed by atoms with van der Waals surface area (Å²) in [6.45, 7) is 0. The molecule has 2 nitrogen and oxygen atoms in total. The summed E-state index contributed by atoms with van der Waals surface area (Å²) < 4.78 is 6.50. The summed E-state index contributed by atoms with van der Waals surface area (Å²) >= 11 is 0. The number of fused-ring (bicyclic) bond motifs is 15. The lowest BCUT2D eigenvalue weighted by Crippen LogP contribution is -2.29. The summed E-state index contributed by atoms with van der Waals surface area (Å²) in [6, 6.07) is 86.8. The number of anilines is 3. The van der Waals surface area contributed by atoms with Gasteiger partial charge in [0.05, 0.1) is 5.41 Å². The molecule has 1 aromatic heterocycles. The van der Waals surface area contributed by atoms with Crippen LogP contribution in [0.25, 0.3) is 77.6 Å². The van der Waals surface area contributed by atoms with Gasteiger partial charge in [0.25, 0.3) is 0 Å². The van der Waals surface area contributed by atoms with E-state index >= 15 is 0 Å². The Morgan fingerprint density at radius 2 is 0.730 bits per heavy atom. The summed E-state index contributed by atoms with van der Waals surface area (Å²) in [5.74, 6) is 0. The number of benzene rings is 10. The first kappa shape index (κ1) is 35.5. The van der Waals surface area contributed by atoms with Gasteiger partial charge in [-0.2, -0.15) is 0 Å². The molecule has 1 heterocycles. The third kappa shape index (κ3) is 5.25. The number of furan rings is 1. The predicted octanol–water partition coefficient (Wildman–Crippen LogP) is 16.4. The molecule has 0 fully saturated rings. The molecule has 0 radical (unpaired) electrons. The Bertz CT molecular complexity index is 3510. The molecule has 13 rings (SSSR count). The van der Waals surface area contributed by atoms with Crippen LogP contribution in [-0.2, 0) is 5.41 Å². The molecule has 0 amide bonds. The second-order valence-electron chi connectivity index (χ2n) is 16.7. The lowest BCUT2D eigenvalue weighted by molar-refractivity contribution is 0.670. The first-order valence-electron chi connectivity index (χ1n) is 21.8. The summed E-state index contributed by atoms with van der Waals surface area (Å²) in [4.78, 5) is 2.42. The van der Waals surface area contributed by atoms with Crippen molar-refractivity contribution in [3.8, 4) is 55.6 Å². The number of rotatable bonds is 5. The van der Waals surface area contributed by atoms with Gasteiger partial charge in [0.2, 0.25) is 0 Å². The molecule has 11 aromatic rings. The van der Waals surface area contributed by atoms with Crippen LogP contribution < -0.4 is 4.90 Å². The van der Waals surface area contributed by atoms with Crippen LogP contribution in [0, 0.1) is 0 Å². The number of para-hydroxylation sites is 2. The quantitative estimate of drug-likeness (QED) is 0.172. The van der Waals surface area contributed by atoms with Gasteiger partial charge in [-0.15, -0.1) is 0 Å². The lowest BCUT2D eigenvalue weighted by Gasteiger charge is -2.36. The minimum absolute atomic E-state index is 0.577. The fourth-order valence-corrected chi connectivity index (χ4v) is 10.8. The molecule has 2 aliphatic rings. The molecule has 0 bridgehead atoms. The van der Waals surface area contributed by atoms with Gasteiger partial charge in [0, 0.05) is 33.4 Å². The Kier molecular flexibility index (Phi) is 7.85. The summed E-state index contributed by atoms with van der Waals surface area (Å²) in [7, 11) is 0. The van der Waals surface area contributed by atoms with Crippen molar-refractivity contribution in [2.24, 2.45) is 0 Å². The fourth-order valence-electron chi connectivity index (χ4n) is 10.8. The van der Waals surface area contributed by atoms with Crippen molar-refractivity contribution in [2.45, 2.75) is 5.41 Å². The second-order valence-corrected chi connectivity index (χ2v) is 16.7. The van der Waals surface area contributed by atoms with E-state index in [4.69, 9.17) is 4.42 Å². The molecule has 294 valence electrons. The van der Waals surface area contributed by atoms with E-state index in [0.29, 0.717) is 0 Å². The highest BCUT2D eigenvalue weighted by atomic mass is 16.3. The summed E-state index contributed by atoms with van der Waals surface area (Å²) in [5, 5.41) is 2.26. The molecule has 63 heavy (non-hydrogen) atoms. The Balaban J connectivity index is 1.05. The second kappa shape index (κ2) is 13.9. The fraction of sp³-hybridized carbons (Fsp3) is 0.0164. The molecule has 0 saturated heterocycles. The van der Waals surface area contributed by atoms with Crippen LogP contribution in [0.1, 0.15) is 22.3 Å². The highest BCUT2D eigenvalue weighted by Crippen LogP contribution is 2.62. The van der Waals surface area contributed by atoms with E-state index in [2.05, 4.69) is 229 Å². The number of hydrogen-bond acceptors (Lipinski definition) is 2. The van der Waals surface area contributed by atoms with Crippen LogP contribution in [0.3, 0.4) is 0 Å². The van der Waals surface area contributed by atoms with E-state index in [1.807, 2.05) is 12.1 Å². The molecular weight excluding hydrogens is 763 g/mol. The van der Waals surface area contributed by atoms with Crippen molar-refractivity contribution in [1.82, 2.24) is 0 Å². The van der Waals surface area contributed by atoms with Crippen molar-refractivity contribution >= 4 is 39.0 Å². The molecule has 0 atom stereocenters. The van der Waals surface area contributed by atoms with Crippen LogP contribution in [0.4, 0.5) is 17.1 Å². The van der Waals surface area contributed by atoms with E-state index in [0.717, 1.165) is 50.1 Å². The van der Waals surface area contributed by atoms with E-state index in [1.54, 1.807) is 0 Å². The summed E-state index contributed by atoms with van der Waals surface area (Å²) in [5.41, 5.74) is 21.8. The standard InChI is InChI=1S/C61H39NO/c1-2-15-40(16-3-1)41-29-33-43(34-30-41)62(44-35-31-42(32-36-44)46-23-14-24-54-53-22-9-13-28-59(53)63-60(46)54)45-37-38-52-48-18-5-4-17-47(48)49-19-6-10-25-55(49)61(58(52)39-45)56-26-11-7-20-50(56)51-21-8-12-27-57(51)61/h1-39H. The highest BCUT2D eigenvalue weighted by molar-refractivity contribution is 6.09. The molecule has 0 N–H and O–H groups in total. The van der Waals surface area contributed by atoms with E-state index in [9.17, 15) is 0 Å². The number of nitrogens with zero attached hydrogens (tertiary/aromatic N) is 1. The van der Waals surface area contributed by atoms with Gasteiger partial charge in [0.1, 0.15) is 11.2 Å². The van der Waals surface area contributed by atoms with Gasteiger partial charge in [-0.3, -0.25) is 0 Å². The van der Waals surface area contributed by atoms with E-state index in [1.165, 1.54) is 66.8 Å². The van der Waals surface area contributed by atoms with Crippen LogP contribution in [0.15, 0.2) is 241 Å². The molecule has 2 aliphatic carbocycles. The van der Waals surface area contributed by atoms with Crippen molar-refractivity contribution in [3.05, 3.63) is 259 Å². The smallest absolute Gasteiger partial charge is 0.143 e. The first-order chi connectivity index (χ1) is 31.3. The van der Waals surface area contributed by atoms with Crippen molar-refractivity contribution in [3.63, 3.8) is 0 Å². The van der Waals surface area contributed by atoms with Gasteiger partial charge in [-0.05, 0) is 115 Å². The molecule has 0 aliphatic heterocycles. The summed E-state index contributed by atoms with van der Waals surface area (Å²) in [6.07, 6.45) is 0. The molecule has 0 saturated carbocycles. The molecule has 10 aromatic carbocycles. The topological polar surface area (TPSA) is 16.4 Å². The minimum Gasteiger partial charge on any atom is -0.455 e. The Labute approximate surface area is 366 Å². The van der Waals surface area contributed by atoms with Gasteiger partial charge in [-0.1, -0.05) is 194 Å². The predicted molar refractivity (Wildman–Crippen MR) is 261 cm³/mol. The Hall–Kier alpha value is -8.20. The van der Waals surface area contributed by atoms with E-state index in [-0.39, 0.29) is 0 Å². The lowest BCUT2D eigenvalue weighted by atomic mass is 9.66. The molecule has 2 heteroatoms. The van der Waals surface area contributed by atoms with Crippen LogP contribution in [-0.4, -0.2) is 0 Å². The average molecular weight is 802 g/mol. The zero-order valence-electron chi connectivity index (χ0n) is 34.4. The molecule has 1 spiro atoms. The van der Waals surface area contributed by atoms with Crippen LogP contribution in [0.2, 0.25) is 0 Å². The SMILES string of the molecule is c1ccc(-c2ccc(N(c3ccc(-c4cccc5c4oc4ccccc45)cc3)c3ccc4c(c3)C3(c5ccccc5-c5ccccc5-4)c4ccccc4-c4ccccc43)cc2)cc1. The average Bonchev–Trinajstić information content (AvgIpc) is 3.86. The van der Waals surface area contributed by atoms with Crippen molar-refractivity contribution in [1.29, 1.82) is 0 Å². The molecular formula is C61H39NO. The van der Waals surface area contributed by atoms with Gasteiger partial charge >= 0.3 is 0 Å².